The van der Waals surface area contributed by atoms with E-state index in [1.165, 1.54) is 12.1 Å². The number of carboxylic acids is 1. The summed E-state index contributed by atoms with van der Waals surface area (Å²) in [5.74, 6) is -4.98. The van der Waals surface area contributed by atoms with Crippen molar-refractivity contribution in [3.8, 4) is 0 Å². The summed E-state index contributed by atoms with van der Waals surface area (Å²) in [4.78, 5) is 11.0. The van der Waals surface area contributed by atoms with Gasteiger partial charge in [-0.05, 0) is 18.2 Å². The molecule has 0 saturated heterocycles. The van der Waals surface area contributed by atoms with Gasteiger partial charge in [0.2, 0.25) is 0 Å². The Morgan fingerprint density at radius 3 is 2.45 bits per heavy atom. The van der Waals surface area contributed by atoms with Crippen molar-refractivity contribution in [3.63, 3.8) is 0 Å². The van der Waals surface area contributed by atoms with Gasteiger partial charge in [-0.3, -0.25) is 0 Å². The number of rotatable bonds is 3. The zero-order valence-electron chi connectivity index (χ0n) is 9.95. The van der Waals surface area contributed by atoms with Gasteiger partial charge in [0, 0.05) is 17.8 Å². The molecule has 0 bridgehead atoms. The van der Waals surface area contributed by atoms with Crippen molar-refractivity contribution in [1.82, 2.24) is 0 Å². The van der Waals surface area contributed by atoms with Gasteiger partial charge in [-0.1, -0.05) is 0 Å². The average Bonchev–Trinajstić information content (AvgIpc) is 2.37. The normalized spacial score (nSPS) is 10.3. The molecular formula is C13H9F3N2O2. The van der Waals surface area contributed by atoms with Crippen LogP contribution in [0.2, 0.25) is 0 Å². The minimum absolute atomic E-state index is 0.0319. The molecule has 0 atom stereocenters. The zero-order valence-corrected chi connectivity index (χ0v) is 9.95. The van der Waals surface area contributed by atoms with Crippen molar-refractivity contribution >= 4 is 23.0 Å². The molecular weight excluding hydrogens is 273 g/mol. The highest BCUT2D eigenvalue weighted by molar-refractivity contribution is 5.96. The molecule has 0 unspecified atom stereocenters. The number of halogens is 3. The third-order valence-corrected chi connectivity index (χ3v) is 2.54. The number of carbonyl (C=O) groups is 1. The lowest BCUT2D eigenvalue weighted by molar-refractivity contribution is 0.0698. The lowest BCUT2D eigenvalue weighted by atomic mass is 10.1. The molecule has 4 nitrogen and oxygen atoms in total. The van der Waals surface area contributed by atoms with Crippen LogP contribution in [0.25, 0.3) is 0 Å². The Morgan fingerprint density at radius 1 is 1.10 bits per heavy atom. The van der Waals surface area contributed by atoms with E-state index in [0.29, 0.717) is 6.07 Å². The van der Waals surface area contributed by atoms with Crippen molar-refractivity contribution in [2.75, 3.05) is 11.1 Å². The van der Waals surface area contributed by atoms with Crippen molar-refractivity contribution in [1.29, 1.82) is 0 Å². The summed E-state index contributed by atoms with van der Waals surface area (Å²) in [5.41, 5.74) is 4.87. The molecule has 0 spiro atoms. The Balaban J connectivity index is 2.48. The number of nitrogens with one attached hydrogen (secondary N) is 1. The molecule has 104 valence electrons. The molecule has 0 aromatic heterocycles. The van der Waals surface area contributed by atoms with Gasteiger partial charge in [0.05, 0.1) is 16.9 Å². The van der Waals surface area contributed by atoms with E-state index in [1.807, 2.05) is 0 Å². The van der Waals surface area contributed by atoms with Crippen LogP contribution in [0, 0.1) is 17.5 Å². The fraction of sp³-hybridized carbons (Fsp3) is 0. The fourth-order valence-electron chi connectivity index (χ4n) is 1.64. The Hall–Kier alpha value is -2.70. The summed E-state index contributed by atoms with van der Waals surface area (Å²) in [5, 5.41) is 11.3. The smallest absolute Gasteiger partial charge is 0.337 e. The van der Waals surface area contributed by atoms with E-state index in [0.717, 1.165) is 12.1 Å². The average molecular weight is 282 g/mol. The lowest BCUT2D eigenvalue weighted by Gasteiger charge is -2.11. The van der Waals surface area contributed by atoms with Gasteiger partial charge in [0.25, 0.3) is 0 Å². The van der Waals surface area contributed by atoms with E-state index in [-0.39, 0.29) is 16.9 Å². The van der Waals surface area contributed by atoms with Crippen molar-refractivity contribution in [2.24, 2.45) is 0 Å². The maximum atomic E-state index is 13.5. The number of nitrogen functional groups attached to an aromatic ring is 1. The van der Waals surface area contributed by atoms with E-state index in [4.69, 9.17) is 10.8 Å². The van der Waals surface area contributed by atoms with Crippen LogP contribution in [-0.2, 0) is 0 Å². The highest BCUT2D eigenvalue weighted by atomic mass is 19.2. The zero-order chi connectivity index (χ0) is 14.9. The molecule has 0 saturated carbocycles. The third-order valence-electron chi connectivity index (χ3n) is 2.54. The molecule has 0 aliphatic carbocycles. The molecule has 0 radical (unpaired) electrons. The third kappa shape index (κ3) is 2.66. The number of hydrogen-bond donors (Lipinski definition) is 3. The first-order chi connectivity index (χ1) is 9.38. The van der Waals surface area contributed by atoms with Gasteiger partial charge in [0.15, 0.2) is 11.6 Å². The van der Waals surface area contributed by atoms with Gasteiger partial charge >= 0.3 is 5.97 Å². The maximum Gasteiger partial charge on any atom is 0.337 e. The summed E-state index contributed by atoms with van der Waals surface area (Å²) in [6, 6.07) is 4.92. The molecule has 2 aromatic carbocycles. The summed E-state index contributed by atoms with van der Waals surface area (Å²) in [6.07, 6.45) is 0. The molecule has 2 aromatic rings. The summed E-state index contributed by atoms with van der Waals surface area (Å²) in [7, 11) is 0. The Bertz CT molecular complexity index is 690. The SMILES string of the molecule is Nc1ccc(Nc2cc(F)cc(F)c2F)c(C(=O)O)c1. The first kappa shape index (κ1) is 13.7. The highest BCUT2D eigenvalue weighted by Crippen LogP contribution is 2.26. The van der Waals surface area contributed by atoms with Crippen LogP contribution in [0.5, 0.6) is 0 Å². The minimum Gasteiger partial charge on any atom is -0.478 e. The second-order valence-electron chi connectivity index (χ2n) is 3.98. The first-order valence-corrected chi connectivity index (χ1v) is 5.43. The van der Waals surface area contributed by atoms with Crippen molar-refractivity contribution < 1.29 is 23.1 Å². The number of hydrogen-bond acceptors (Lipinski definition) is 3. The molecule has 0 aliphatic heterocycles. The van der Waals surface area contributed by atoms with Crippen molar-refractivity contribution in [2.45, 2.75) is 0 Å². The van der Waals surface area contributed by atoms with Gasteiger partial charge in [-0.15, -0.1) is 0 Å². The van der Waals surface area contributed by atoms with Crippen LogP contribution in [0.1, 0.15) is 10.4 Å². The van der Waals surface area contributed by atoms with E-state index in [2.05, 4.69) is 5.32 Å². The van der Waals surface area contributed by atoms with E-state index >= 15 is 0 Å². The number of carboxylic acid groups (broad SMARTS) is 1. The monoisotopic (exact) mass is 282 g/mol. The Kier molecular flexibility index (Phi) is 3.51. The second-order valence-corrected chi connectivity index (χ2v) is 3.98. The molecule has 0 amide bonds. The van der Waals surface area contributed by atoms with Crippen LogP contribution in [-0.4, -0.2) is 11.1 Å². The van der Waals surface area contributed by atoms with Gasteiger partial charge in [-0.25, -0.2) is 18.0 Å². The van der Waals surface area contributed by atoms with E-state index in [9.17, 15) is 18.0 Å². The molecule has 2 rings (SSSR count). The number of aromatic carboxylic acids is 1. The largest absolute Gasteiger partial charge is 0.478 e. The van der Waals surface area contributed by atoms with Gasteiger partial charge in [-0.2, -0.15) is 0 Å². The number of benzene rings is 2. The van der Waals surface area contributed by atoms with Gasteiger partial charge in [0.1, 0.15) is 5.82 Å². The number of nitrogens with two attached hydrogens (primary N) is 1. The standard InChI is InChI=1S/C13H9F3N2O2/c14-6-3-9(15)12(16)11(4-6)18-10-2-1-7(17)5-8(10)13(19)20/h1-5,18H,17H2,(H,19,20). The topological polar surface area (TPSA) is 75.3 Å². The predicted molar refractivity (Wildman–Crippen MR) is 67.4 cm³/mol. The minimum atomic E-state index is -1.38. The molecule has 0 aliphatic rings. The molecule has 0 fully saturated rings. The molecule has 20 heavy (non-hydrogen) atoms. The van der Waals surface area contributed by atoms with Crippen molar-refractivity contribution in [3.05, 3.63) is 53.3 Å². The van der Waals surface area contributed by atoms with Crippen LogP contribution >= 0.6 is 0 Å². The fourth-order valence-corrected chi connectivity index (χ4v) is 1.64. The number of anilines is 3. The van der Waals surface area contributed by atoms with E-state index < -0.39 is 29.1 Å². The first-order valence-electron chi connectivity index (χ1n) is 5.43. The van der Waals surface area contributed by atoms with Gasteiger partial charge < -0.3 is 16.2 Å². The maximum absolute atomic E-state index is 13.5. The van der Waals surface area contributed by atoms with Crippen LogP contribution in [0.15, 0.2) is 30.3 Å². The van der Waals surface area contributed by atoms with Crippen LogP contribution in [0.4, 0.5) is 30.2 Å². The Morgan fingerprint density at radius 2 is 1.80 bits per heavy atom. The predicted octanol–water partition coefficient (Wildman–Crippen LogP) is 3.13. The molecule has 0 heterocycles. The van der Waals surface area contributed by atoms with E-state index in [1.54, 1.807) is 0 Å². The summed E-state index contributed by atoms with van der Waals surface area (Å²) < 4.78 is 39.6. The summed E-state index contributed by atoms with van der Waals surface area (Å²) >= 11 is 0. The van der Waals surface area contributed by atoms with Crippen LogP contribution < -0.4 is 11.1 Å². The molecule has 7 heteroatoms. The lowest BCUT2D eigenvalue weighted by Crippen LogP contribution is -2.05. The quantitative estimate of drug-likeness (QED) is 0.597. The highest BCUT2D eigenvalue weighted by Gasteiger charge is 2.15. The second kappa shape index (κ2) is 5.12. The molecule has 4 N–H and O–H groups in total. The summed E-state index contributed by atoms with van der Waals surface area (Å²) in [6.45, 7) is 0. The Labute approximate surface area is 111 Å². The van der Waals surface area contributed by atoms with Crippen LogP contribution in [0.3, 0.4) is 0 Å².